The van der Waals surface area contributed by atoms with Crippen molar-refractivity contribution >= 4 is 5.78 Å². The molecule has 2 rings (SSSR count). The average molecular weight is 225 g/mol. The van der Waals surface area contributed by atoms with Crippen LogP contribution in [0.4, 0.5) is 0 Å². The molecule has 0 unspecified atom stereocenters. The first kappa shape index (κ1) is 11.5. The van der Waals surface area contributed by atoms with Gasteiger partial charge in [0.05, 0.1) is 0 Å². The molecule has 86 valence electrons. The molecule has 0 saturated heterocycles. The second-order valence-electron chi connectivity index (χ2n) is 4.27. The third-order valence-electron chi connectivity index (χ3n) is 2.86. The van der Waals surface area contributed by atoms with E-state index in [1.165, 1.54) is 0 Å². The molecule has 1 aromatic heterocycles. The van der Waals surface area contributed by atoms with Gasteiger partial charge in [-0.25, -0.2) is 0 Å². The Morgan fingerprint density at radius 2 is 1.76 bits per heavy atom. The van der Waals surface area contributed by atoms with E-state index in [1.807, 2.05) is 50.4 Å². The molecule has 0 aliphatic carbocycles. The minimum absolute atomic E-state index is 0.101. The Balaban J connectivity index is 2.50. The number of nitrogens with zero attached hydrogens (tertiary/aromatic N) is 1. The van der Waals surface area contributed by atoms with Gasteiger partial charge >= 0.3 is 0 Å². The zero-order chi connectivity index (χ0) is 12.4. The predicted octanol–water partition coefficient (Wildman–Crippen LogP) is 3.57. The van der Waals surface area contributed by atoms with E-state index in [0.29, 0.717) is 0 Å². The maximum absolute atomic E-state index is 11.5. The van der Waals surface area contributed by atoms with E-state index in [4.69, 9.17) is 0 Å². The summed E-state index contributed by atoms with van der Waals surface area (Å²) in [6.07, 6.45) is 1.84. The smallest absolute Gasteiger partial charge is 0.160 e. The topological polar surface area (TPSA) is 30.0 Å². The van der Waals surface area contributed by atoms with Crippen molar-refractivity contribution in [1.29, 1.82) is 0 Å². The Bertz CT molecular complexity index is 556. The number of carbonyl (C=O) groups is 1. The van der Waals surface area contributed by atoms with E-state index in [0.717, 1.165) is 27.9 Å². The number of rotatable bonds is 2. The maximum Gasteiger partial charge on any atom is 0.160 e. The zero-order valence-electron chi connectivity index (χ0n) is 10.3. The van der Waals surface area contributed by atoms with Crippen molar-refractivity contribution in [2.75, 3.05) is 0 Å². The van der Waals surface area contributed by atoms with Crippen LogP contribution in [0.15, 0.2) is 36.5 Å². The van der Waals surface area contributed by atoms with Crippen molar-refractivity contribution in [2.45, 2.75) is 20.8 Å². The van der Waals surface area contributed by atoms with Gasteiger partial charge in [0.15, 0.2) is 5.78 Å². The second-order valence-corrected chi connectivity index (χ2v) is 4.27. The standard InChI is InChI=1S/C15H15NO/c1-10-4-6-13(8-15(10)12(3)17)14-7-5-11(2)16-9-14/h4-9H,1-3H3. The van der Waals surface area contributed by atoms with Gasteiger partial charge < -0.3 is 0 Å². The lowest BCUT2D eigenvalue weighted by molar-refractivity contribution is 0.101. The highest BCUT2D eigenvalue weighted by Crippen LogP contribution is 2.22. The van der Waals surface area contributed by atoms with Crippen LogP contribution in [0.25, 0.3) is 11.1 Å². The summed E-state index contributed by atoms with van der Waals surface area (Å²) >= 11 is 0. The molecule has 0 bridgehead atoms. The largest absolute Gasteiger partial charge is 0.295 e. The van der Waals surface area contributed by atoms with Crippen LogP contribution >= 0.6 is 0 Å². The Kier molecular flexibility index (Phi) is 3.05. The number of hydrogen-bond donors (Lipinski definition) is 0. The van der Waals surface area contributed by atoms with Crippen molar-refractivity contribution in [3.05, 3.63) is 53.3 Å². The molecule has 0 aliphatic heterocycles. The number of Topliss-reactive ketones (excluding diaryl/α,β-unsaturated/α-hetero) is 1. The molecule has 0 atom stereocenters. The van der Waals surface area contributed by atoms with Gasteiger partial charge in [0.25, 0.3) is 0 Å². The fourth-order valence-corrected chi connectivity index (χ4v) is 1.82. The summed E-state index contributed by atoms with van der Waals surface area (Å²) < 4.78 is 0. The van der Waals surface area contributed by atoms with Gasteiger partial charge in [-0.2, -0.15) is 0 Å². The van der Waals surface area contributed by atoms with E-state index in [2.05, 4.69) is 4.98 Å². The Morgan fingerprint density at radius 1 is 1.06 bits per heavy atom. The quantitative estimate of drug-likeness (QED) is 0.731. The van der Waals surface area contributed by atoms with Crippen LogP contribution in [0, 0.1) is 13.8 Å². The van der Waals surface area contributed by atoms with Crippen LogP contribution in [0.1, 0.15) is 28.5 Å². The van der Waals surface area contributed by atoms with Crippen LogP contribution in [0.2, 0.25) is 0 Å². The Labute approximate surface area is 101 Å². The first-order valence-electron chi connectivity index (χ1n) is 5.62. The van der Waals surface area contributed by atoms with Crippen molar-refractivity contribution < 1.29 is 4.79 Å². The van der Waals surface area contributed by atoms with Gasteiger partial charge in [0.1, 0.15) is 0 Å². The van der Waals surface area contributed by atoms with Crippen LogP contribution < -0.4 is 0 Å². The van der Waals surface area contributed by atoms with Crippen LogP contribution in [-0.4, -0.2) is 10.8 Å². The number of carbonyl (C=O) groups excluding carboxylic acids is 1. The van der Waals surface area contributed by atoms with Crippen molar-refractivity contribution in [3.63, 3.8) is 0 Å². The van der Waals surface area contributed by atoms with Crippen LogP contribution in [0.3, 0.4) is 0 Å². The molecule has 0 radical (unpaired) electrons. The average Bonchev–Trinajstić information content (AvgIpc) is 2.30. The van der Waals surface area contributed by atoms with Gasteiger partial charge in [-0.15, -0.1) is 0 Å². The number of hydrogen-bond acceptors (Lipinski definition) is 2. The molecule has 2 nitrogen and oxygen atoms in total. The van der Waals surface area contributed by atoms with Crippen LogP contribution in [0.5, 0.6) is 0 Å². The molecule has 0 aliphatic rings. The lowest BCUT2D eigenvalue weighted by atomic mass is 9.99. The summed E-state index contributed by atoms with van der Waals surface area (Å²) in [5.74, 6) is 0.101. The molecular formula is C15H15NO. The Hall–Kier alpha value is -1.96. The molecule has 1 aromatic carbocycles. The summed E-state index contributed by atoms with van der Waals surface area (Å²) in [5.41, 5.74) is 4.86. The molecule has 0 saturated carbocycles. The number of ketones is 1. The van der Waals surface area contributed by atoms with Crippen molar-refractivity contribution in [3.8, 4) is 11.1 Å². The minimum atomic E-state index is 0.101. The van der Waals surface area contributed by atoms with Crippen molar-refractivity contribution in [1.82, 2.24) is 4.98 Å². The molecule has 2 heteroatoms. The summed E-state index contributed by atoms with van der Waals surface area (Å²) in [6.45, 7) is 5.51. The zero-order valence-corrected chi connectivity index (χ0v) is 10.3. The van der Waals surface area contributed by atoms with Gasteiger partial charge in [0.2, 0.25) is 0 Å². The molecule has 0 spiro atoms. The SMILES string of the molecule is CC(=O)c1cc(-c2ccc(C)nc2)ccc1C. The molecule has 0 N–H and O–H groups in total. The summed E-state index contributed by atoms with van der Waals surface area (Å²) in [7, 11) is 0. The summed E-state index contributed by atoms with van der Waals surface area (Å²) in [6, 6.07) is 9.93. The highest BCUT2D eigenvalue weighted by molar-refractivity contribution is 5.96. The molecule has 17 heavy (non-hydrogen) atoms. The van der Waals surface area contributed by atoms with Crippen molar-refractivity contribution in [2.24, 2.45) is 0 Å². The molecule has 0 fully saturated rings. The Morgan fingerprint density at radius 3 is 2.35 bits per heavy atom. The monoisotopic (exact) mass is 225 g/mol. The normalized spacial score (nSPS) is 10.3. The third-order valence-corrected chi connectivity index (χ3v) is 2.86. The second kappa shape index (κ2) is 4.50. The van der Waals surface area contributed by atoms with Crippen LogP contribution in [-0.2, 0) is 0 Å². The number of benzene rings is 1. The fraction of sp³-hybridized carbons (Fsp3) is 0.200. The van der Waals surface area contributed by atoms with E-state index in [1.54, 1.807) is 6.92 Å². The van der Waals surface area contributed by atoms with E-state index < -0.39 is 0 Å². The molecule has 0 amide bonds. The van der Waals surface area contributed by atoms with Gasteiger partial charge in [-0.3, -0.25) is 9.78 Å². The first-order valence-corrected chi connectivity index (χ1v) is 5.62. The number of pyridine rings is 1. The number of aryl methyl sites for hydroxylation is 2. The third kappa shape index (κ3) is 2.41. The number of aromatic nitrogens is 1. The lowest BCUT2D eigenvalue weighted by Crippen LogP contribution is -1.96. The summed E-state index contributed by atoms with van der Waals surface area (Å²) in [4.78, 5) is 15.8. The van der Waals surface area contributed by atoms with E-state index >= 15 is 0 Å². The maximum atomic E-state index is 11.5. The van der Waals surface area contributed by atoms with E-state index in [-0.39, 0.29) is 5.78 Å². The van der Waals surface area contributed by atoms with Gasteiger partial charge in [-0.1, -0.05) is 18.2 Å². The summed E-state index contributed by atoms with van der Waals surface area (Å²) in [5, 5.41) is 0. The molecule has 2 aromatic rings. The highest BCUT2D eigenvalue weighted by Gasteiger charge is 2.06. The lowest BCUT2D eigenvalue weighted by Gasteiger charge is -2.06. The highest BCUT2D eigenvalue weighted by atomic mass is 16.1. The first-order chi connectivity index (χ1) is 8.08. The van der Waals surface area contributed by atoms with E-state index in [9.17, 15) is 4.79 Å². The van der Waals surface area contributed by atoms with Gasteiger partial charge in [-0.05, 0) is 44.0 Å². The molecular weight excluding hydrogens is 210 g/mol. The fourth-order valence-electron chi connectivity index (χ4n) is 1.82. The van der Waals surface area contributed by atoms with Gasteiger partial charge in [0, 0.05) is 23.0 Å². The predicted molar refractivity (Wildman–Crippen MR) is 69.2 cm³/mol. The molecule has 1 heterocycles. The minimum Gasteiger partial charge on any atom is -0.295 e.